The van der Waals surface area contributed by atoms with Crippen molar-refractivity contribution >= 4 is 33.0 Å². The average molecular weight is 321 g/mol. The van der Waals surface area contributed by atoms with E-state index in [4.69, 9.17) is 5.26 Å². The van der Waals surface area contributed by atoms with Gasteiger partial charge in [0.2, 0.25) is 0 Å². The zero-order valence-electron chi connectivity index (χ0n) is 10.2. The summed E-state index contributed by atoms with van der Waals surface area (Å²) in [5, 5.41) is 14.5. The summed E-state index contributed by atoms with van der Waals surface area (Å²) in [5.74, 6) is 0. The number of anilines is 1. The highest BCUT2D eigenvalue weighted by molar-refractivity contribution is 9.10. The average Bonchev–Trinajstić information content (AvgIpc) is 2.78. The summed E-state index contributed by atoms with van der Waals surface area (Å²) in [5.41, 5.74) is 2.84. The zero-order chi connectivity index (χ0) is 13.1. The van der Waals surface area contributed by atoms with Crippen molar-refractivity contribution in [2.75, 3.05) is 5.32 Å². The van der Waals surface area contributed by atoms with Gasteiger partial charge >= 0.3 is 0 Å². The first-order valence-corrected chi connectivity index (χ1v) is 7.29. The van der Waals surface area contributed by atoms with E-state index < -0.39 is 0 Å². The molecule has 2 aromatic rings. The Kier molecular flexibility index (Phi) is 4.05. The van der Waals surface area contributed by atoms with Crippen LogP contribution in [0, 0.1) is 18.3 Å². The molecule has 1 N–H and O–H groups in total. The molecule has 0 radical (unpaired) electrons. The van der Waals surface area contributed by atoms with Crippen LogP contribution in [0.15, 0.2) is 34.1 Å². The first-order chi connectivity index (χ1) is 8.61. The molecule has 0 spiro atoms. The number of nitrogens with one attached hydrogen (secondary N) is 1. The molecule has 92 valence electrons. The molecule has 0 amide bonds. The first kappa shape index (κ1) is 13.1. The number of thiophene rings is 1. The minimum Gasteiger partial charge on any atom is -0.377 e. The molecule has 0 aliphatic heterocycles. The SMILES string of the molecule is Cc1ccc(C#N)cc1NC(C)c1sccc1Br. The molecule has 0 saturated carbocycles. The largest absolute Gasteiger partial charge is 0.377 e. The predicted molar refractivity (Wildman–Crippen MR) is 80.0 cm³/mol. The number of nitrogens with zero attached hydrogens (tertiary/aromatic N) is 1. The summed E-state index contributed by atoms with van der Waals surface area (Å²) < 4.78 is 1.13. The Balaban J connectivity index is 2.24. The summed E-state index contributed by atoms with van der Waals surface area (Å²) in [6, 6.07) is 10.1. The van der Waals surface area contributed by atoms with Crippen LogP contribution < -0.4 is 5.32 Å². The maximum absolute atomic E-state index is 8.93. The smallest absolute Gasteiger partial charge is 0.0992 e. The lowest BCUT2D eigenvalue weighted by atomic mass is 10.1. The minimum absolute atomic E-state index is 0.215. The van der Waals surface area contributed by atoms with Gasteiger partial charge in [0.15, 0.2) is 0 Å². The second-order valence-electron chi connectivity index (χ2n) is 4.14. The highest BCUT2D eigenvalue weighted by Crippen LogP contribution is 2.31. The molecule has 1 heterocycles. The Morgan fingerprint density at radius 3 is 2.78 bits per heavy atom. The lowest BCUT2D eigenvalue weighted by molar-refractivity contribution is 0.900. The van der Waals surface area contributed by atoms with Gasteiger partial charge in [-0.15, -0.1) is 11.3 Å². The molecule has 2 rings (SSSR count). The van der Waals surface area contributed by atoms with E-state index in [0.717, 1.165) is 15.7 Å². The van der Waals surface area contributed by atoms with Gasteiger partial charge in [-0.2, -0.15) is 5.26 Å². The Hall–Kier alpha value is -1.31. The van der Waals surface area contributed by atoms with Crippen LogP contribution in [0.25, 0.3) is 0 Å². The minimum atomic E-state index is 0.215. The molecule has 1 aromatic carbocycles. The van der Waals surface area contributed by atoms with Gasteiger partial charge < -0.3 is 5.32 Å². The highest BCUT2D eigenvalue weighted by atomic mass is 79.9. The molecule has 4 heteroatoms. The highest BCUT2D eigenvalue weighted by Gasteiger charge is 2.11. The van der Waals surface area contributed by atoms with Gasteiger partial charge in [0.25, 0.3) is 0 Å². The third kappa shape index (κ3) is 2.74. The predicted octanol–water partition coefficient (Wildman–Crippen LogP) is 4.86. The third-order valence-electron chi connectivity index (χ3n) is 2.78. The fourth-order valence-corrected chi connectivity index (χ4v) is 3.49. The summed E-state index contributed by atoms with van der Waals surface area (Å²) >= 11 is 5.26. The Morgan fingerprint density at radius 1 is 1.39 bits per heavy atom. The number of halogens is 1. The maximum atomic E-state index is 8.93. The van der Waals surface area contributed by atoms with Crippen LogP contribution in [0.3, 0.4) is 0 Å². The van der Waals surface area contributed by atoms with Crippen LogP contribution in [0.4, 0.5) is 5.69 Å². The number of rotatable bonds is 3. The molecule has 1 aromatic heterocycles. The number of hydrogen-bond acceptors (Lipinski definition) is 3. The molecule has 18 heavy (non-hydrogen) atoms. The maximum Gasteiger partial charge on any atom is 0.0992 e. The van der Waals surface area contributed by atoms with Gasteiger partial charge in [0.1, 0.15) is 0 Å². The number of nitriles is 1. The van der Waals surface area contributed by atoms with E-state index in [1.807, 2.05) is 25.1 Å². The van der Waals surface area contributed by atoms with Crippen LogP contribution in [-0.2, 0) is 0 Å². The topological polar surface area (TPSA) is 35.8 Å². The standard InChI is InChI=1S/C14H13BrN2S/c1-9-3-4-11(8-16)7-13(9)17-10(2)14-12(15)5-6-18-14/h3-7,10,17H,1-2H3. The van der Waals surface area contributed by atoms with Crippen molar-refractivity contribution in [2.45, 2.75) is 19.9 Å². The summed E-state index contributed by atoms with van der Waals surface area (Å²) in [6.07, 6.45) is 0. The van der Waals surface area contributed by atoms with Gasteiger partial charge in [0.05, 0.1) is 17.7 Å². The van der Waals surface area contributed by atoms with E-state index in [2.05, 4.69) is 45.7 Å². The molecule has 1 unspecified atom stereocenters. The Labute approximate surface area is 119 Å². The van der Waals surface area contributed by atoms with E-state index in [0.29, 0.717) is 5.56 Å². The van der Waals surface area contributed by atoms with Gasteiger partial charge in [-0.3, -0.25) is 0 Å². The summed E-state index contributed by atoms with van der Waals surface area (Å²) in [6.45, 7) is 4.16. The van der Waals surface area contributed by atoms with Crippen molar-refractivity contribution in [3.05, 3.63) is 50.1 Å². The summed E-state index contributed by atoms with van der Waals surface area (Å²) in [7, 11) is 0. The Morgan fingerprint density at radius 2 is 2.17 bits per heavy atom. The quantitative estimate of drug-likeness (QED) is 0.876. The van der Waals surface area contributed by atoms with Gasteiger partial charge in [0, 0.05) is 15.0 Å². The lowest BCUT2D eigenvalue weighted by Crippen LogP contribution is -2.06. The van der Waals surface area contributed by atoms with E-state index in [-0.39, 0.29) is 6.04 Å². The molecule has 0 fully saturated rings. The second kappa shape index (κ2) is 5.55. The van der Waals surface area contributed by atoms with Crippen LogP contribution in [0.1, 0.15) is 29.0 Å². The lowest BCUT2D eigenvalue weighted by Gasteiger charge is -2.16. The van der Waals surface area contributed by atoms with E-state index in [1.54, 1.807) is 11.3 Å². The Bertz CT molecular complexity index is 598. The second-order valence-corrected chi connectivity index (χ2v) is 5.94. The number of hydrogen-bond donors (Lipinski definition) is 1. The van der Waals surface area contributed by atoms with Crippen molar-refractivity contribution in [1.29, 1.82) is 5.26 Å². The normalized spacial score (nSPS) is 11.9. The van der Waals surface area contributed by atoms with Crippen LogP contribution in [-0.4, -0.2) is 0 Å². The molecule has 2 nitrogen and oxygen atoms in total. The molecule has 0 saturated heterocycles. The van der Waals surface area contributed by atoms with Crippen LogP contribution in [0.2, 0.25) is 0 Å². The third-order valence-corrected chi connectivity index (χ3v) is 4.83. The van der Waals surface area contributed by atoms with E-state index >= 15 is 0 Å². The van der Waals surface area contributed by atoms with Crippen LogP contribution >= 0.6 is 27.3 Å². The van der Waals surface area contributed by atoms with Crippen molar-refractivity contribution in [3.8, 4) is 6.07 Å². The van der Waals surface area contributed by atoms with Crippen molar-refractivity contribution in [1.82, 2.24) is 0 Å². The number of benzene rings is 1. The van der Waals surface area contributed by atoms with E-state index in [9.17, 15) is 0 Å². The van der Waals surface area contributed by atoms with Gasteiger partial charge in [-0.1, -0.05) is 6.07 Å². The van der Waals surface area contributed by atoms with Crippen molar-refractivity contribution in [3.63, 3.8) is 0 Å². The monoisotopic (exact) mass is 320 g/mol. The molecule has 0 aliphatic rings. The van der Waals surface area contributed by atoms with Gasteiger partial charge in [-0.25, -0.2) is 0 Å². The summed E-state index contributed by atoms with van der Waals surface area (Å²) in [4.78, 5) is 1.26. The molecule has 1 atom stereocenters. The fourth-order valence-electron chi connectivity index (χ4n) is 1.76. The van der Waals surface area contributed by atoms with Crippen LogP contribution in [0.5, 0.6) is 0 Å². The van der Waals surface area contributed by atoms with E-state index in [1.165, 1.54) is 4.88 Å². The molecular formula is C14H13BrN2S. The zero-order valence-corrected chi connectivity index (χ0v) is 12.6. The number of aryl methyl sites for hydroxylation is 1. The van der Waals surface area contributed by atoms with Crippen molar-refractivity contribution < 1.29 is 0 Å². The first-order valence-electron chi connectivity index (χ1n) is 5.62. The molecule has 0 bridgehead atoms. The fraction of sp³-hybridized carbons (Fsp3) is 0.214. The van der Waals surface area contributed by atoms with Gasteiger partial charge in [-0.05, 0) is 58.9 Å². The van der Waals surface area contributed by atoms with Crippen molar-refractivity contribution in [2.24, 2.45) is 0 Å². The molecular weight excluding hydrogens is 308 g/mol. The molecule has 0 aliphatic carbocycles.